The van der Waals surface area contributed by atoms with E-state index in [1.54, 1.807) is 18.2 Å². The number of aromatic nitrogens is 2. The Hall–Kier alpha value is -4.77. The fraction of sp³-hybridized carbons (Fsp3) is 0.500. The van der Waals surface area contributed by atoms with E-state index >= 15 is 0 Å². The molecular formula is C42H54N8O3. The zero-order valence-corrected chi connectivity index (χ0v) is 30.9. The second kappa shape index (κ2) is 16.1. The van der Waals surface area contributed by atoms with E-state index in [1.165, 1.54) is 57.3 Å². The summed E-state index contributed by atoms with van der Waals surface area (Å²) in [6, 6.07) is 14.5. The fourth-order valence-electron chi connectivity index (χ4n) is 9.83. The van der Waals surface area contributed by atoms with Gasteiger partial charge in [-0.3, -0.25) is 15.0 Å². The van der Waals surface area contributed by atoms with Crippen molar-refractivity contribution in [3.8, 4) is 11.5 Å². The van der Waals surface area contributed by atoms with Crippen LogP contribution in [0.15, 0.2) is 67.5 Å². The van der Waals surface area contributed by atoms with Gasteiger partial charge in [0.05, 0.1) is 17.0 Å². The molecule has 5 aliphatic rings. The van der Waals surface area contributed by atoms with E-state index < -0.39 is 5.91 Å². The summed E-state index contributed by atoms with van der Waals surface area (Å²) in [5.74, 6) is 4.44. The molecule has 1 saturated heterocycles. The summed E-state index contributed by atoms with van der Waals surface area (Å²) in [4.78, 5) is 36.4. The van der Waals surface area contributed by atoms with Crippen LogP contribution >= 0.6 is 0 Å². The minimum Gasteiger partial charge on any atom is -0.455 e. The molecule has 5 fully saturated rings. The van der Waals surface area contributed by atoms with Crippen molar-refractivity contribution < 1.29 is 14.3 Å². The van der Waals surface area contributed by atoms with Crippen molar-refractivity contribution in [2.75, 3.05) is 42.5 Å². The van der Waals surface area contributed by atoms with E-state index in [2.05, 4.69) is 44.3 Å². The highest BCUT2D eigenvalue weighted by Crippen LogP contribution is 2.61. The van der Waals surface area contributed by atoms with Gasteiger partial charge in [0.2, 0.25) is 11.8 Å². The molecule has 3 aromatic rings. The predicted octanol–water partition coefficient (Wildman–Crippen LogP) is 7.02. The van der Waals surface area contributed by atoms with Crippen molar-refractivity contribution in [2.45, 2.75) is 77.2 Å². The van der Waals surface area contributed by atoms with Crippen LogP contribution in [0.4, 0.5) is 17.3 Å². The molecule has 280 valence electrons. The highest BCUT2D eigenvalue weighted by atomic mass is 16.5. The number of carbonyl (C=O) groups excluding carboxylic acids is 2. The number of rotatable bonds is 15. The maximum Gasteiger partial charge on any atom is 0.247 e. The molecule has 11 nitrogen and oxygen atoms in total. The molecule has 8 rings (SSSR count). The molecule has 1 aliphatic heterocycles. The molecule has 53 heavy (non-hydrogen) atoms. The number of carbonyl (C=O) groups is 2. The smallest absolute Gasteiger partial charge is 0.247 e. The number of nitrogens with two attached hydrogens (primary N) is 1. The standard InChI is InChI=1S/C42H54N8O3/c1-3-36(51)49-34-22-31(9-10-35(34)53-33-7-5-4-6-8-33)38(43)37-39(44)46-26-47-40(37)48-32-12-16-50(17-13-32)18-15-45-41(52)27(2)11-14-42-23-28-19-29(24-42)21-30(20-28)25-42/h3-10,22,26-30,32,43H,1,11-21,23-25H2,2H3,(H,45,52)(H,49,51)(H3,44,46,47,48)/t27-,28?,29?,30?,42?/m1/s1. The summed E-state index contributed by atoms with van der Waals surface area (Å²) in [6.45, 7) is 8.93. The Balaban J connectivity index is 0.902. The molecule has 2 heterocycles. The van der Waals surface area contributed by atoms with Crippen LogP contribution in [0.5, 0.6) is 11.5 Å². The SMILES string of the molecule is C=CC(=O)Nc1cc(C(=N)c2c(N)ncnc2NC2CCN(CCNC(=O)[C@H](C)CCC34CC5CC(CC(C5)C3)C4)CC2)ccc1Oc1ccccc1. The number of nitrogens with zero attached hydrogens (tertiary/aromatic N) is 3. The lowest BCUT2D eigenvalue weighted by atomic mass is 9.48. The number of piperidine rings is 1. The second-order valence-corrected chi connectivity index (χ2v) is 16.1. The third kappa shape index (κ3) is 8.73. The number of likely N-dealkylation sites (tertiary alicyclic amines) is 1. The van der Waals surface area contributed by atoms with Crippen LogP contribution < -0.4 is 26.4 Å². The number of amides is 2. The van der Waals surface area contributed by atoms with E-state index in [4.69, 9.17) is 15.9 Å². The highest BCUT2D eigenvalue weighted by molar-refractivity contribution is 6.17. The number of nitrogens with one attached hydrogen (secondary N) is 4. The van der Waals surface area contributed by atoms with E-state index in [1.807, 2.05) is 30.3 Å². The van der Waals surface area contributed by atoms with E-state index in [0.717, 1.165) is 56.7 Å². The van der Waals surface area contributed by atoms with Crippen LogP contribution in [-0.4, -0.2) is 64.6 Å². The van der Waals surface area contributed by atoms with Gasteiger partial charge in [-0.1, -0.05) is 31.7 Å². The minimum absolute atomic E-state index is 0.0595. The van der Waals surface area contributed by atoms with Gasteiger partial charge in [-0.2, -0.15) is 0 Å². The first-order valence-electron chi connectivity index (χ1n) is 19.4. The summed E-state index contributed by atoms with van der Waals surface area (Å²) in [6.07, 6.45) is 15.2. The number of benzene rings is 2. The van der Waals surface area contributed by atoms with E-state index in [0.29, 0.717) is 46.1 Å². The lowest BCUT2D eigenvalue weighted by molar-refractivity contribution is -0.125. The predicted molar refractivity (Wildman–Crippen MR) is 209 cm³/mol. The molecule has 2 amide bonds. The average Bonchev–Trinajstić information content (AvgIpc) is 3.15. The summed E-state index contributed by atoms with van der Waals surface area (Å²) in [5.41, 5.74) is 8.30. The maximum atomic E-state index is 13.0. The Morgan fingerprint density at radius 2 is 1.75 bits per heavy atom. The van der Waals surface area contributed by atoms with Gasteiger partial charge in [-0.05, 0) is 124 Å². The van der Waals surface area contributed by atoms with Gasteiger partial charge in [0.15, 0.2) is 5.75 Å². The van der Waals surface area contributed by atoms with Gasteiger partial charge in [0, 0.05) is 43.7 Å². The lowest BCUT2D eigenvalue weighted by Gasteiger charge is -2.57. The van der Waals surface area contributed by atoms with Crippen LogP contribution in [0.3, 0.4) is 0 Å². The van der Waals surface area contributed by atoms with Crippen LogP contribution in [0, 0.1) is 34.5 Å². The molecule has 6 N–H and O–H groups in total. The molecule has 2 aromatic carbocycles. The number of hydrogen-bond donors (Lipinski definition) is 5. The topological polar surface area (TPSA) is 158 Å². The number of nitrogen functional groups attached to an aromatic ring is 1. The molecule has 1 aromatic heterocycles. The van der Waals surface area contributed by atoms with Gasteiger partial charge in [-0.25, -0.2) is 9.97 Å². The van der Waals surface area contributed by atoms with E-state index in [9.17, 15) is 9.59 Å². The van der Waals surface area contributed by atoms with E-state index in [-0.39, 0.29) is 29.4 Å². The van der Waals surface area contributed by atoms with Gasteiger partial charge in [-0.15, -0.1) is 0 Å². The zero-order chi connectivity index (χ0) is 37.0. The Kier molecular flexibility index (Phi) is 11.1. The number of hydrogen-bond acceptors (Lipinski definition) is 9. The van der Waals surface area contributed by atoms with Crippen LogP contribution in [0.2, 0.25) is 0 Å². The second-order valence-electron chi connectivity index (χ2n) is 16.1. The summed E-state index contributed by atoms with van der Waals surface area (Å²) in [5, 5.41) is 18.7. The fourth-order valence-corrected chi connectivity index (χ4v) is 9.83. The largest absolute Gasteiger partial charge is 0.455 e. The van der Waals surface area contributed by atoms with Crippen molar-refractivity contribution in [1.29, 1.82) is 5.41 Å². The summed E-state index contributed by atoms with van der Waals surface area (Å²) >= 11 is 0. The third-order valence-corrected chi connectivity index (χ3v) is 12.2. The normalized spacial score (nSPS) is 24.3. The quantitative estimate of drug-likeness (QED) is 0.0829. The van der Waals surface area contributed by atoms with Crippen molar-refractivity contribution in [3.63, 3.8) is 0 Å². The molecule has 4 aliphatic carbocycles. The number of anilines is 3. The molecule has 0 unspecified atom stereocenters. The minimum atomic E-state index is -0.401. The highest BCUT2D eigenvalue weighted by Gasteiger charge is 2.50. The molecule has 1 atom stereocenters. The first kappa shape index (κ1) is 36.6. The Morgan fingerprint density at radius 1 is 1.06 bits per heavy atom. The summed E-state index contributed by atoms with van der Waals surface area (Å²) < 4.78 is 6.04. The Morgan fingerprint density at radius 3 is 2.43 bits per heavy atom. The van der Waals surface area contributed by atoms with Gasteiger partial charge < -0.3 is 31.3 Å². The van der Waals surface area contributed by atoms with Crippen LogP contribution in [-0.2, 0) is 9.59 Å². The van der Waals surface area contributed by atoms with Gasteiger partial charge in [0.1, 0.15) is 23.7 Å². The summed E-state index contributed by atoms with van der Waals surface area (Å²) in [7, 11) is 0. The van der Waals surface area contributed by atoms with Crippen LogP contribution in [0.1, 0.15) is 82.3 Å². The molecule has 4 saturated carbocycles. The number of ether oxygens (including phenoxy) is 1. The Bertz CT molecular complexity index is 1770. The van der Waals surface area contributed by atoms with Gasteiger partial charge >= 0.3 is 0 Å². The third-order valence-electron chi connectivity index (χ3n) is 12.2. The van der Waals surface area contributed by atoms with Crippen molar-refractivity contribution in [3.05, 3.63) is 78.6 Å². The van der Waals surface area contributed by atoms with Crippen molar-refractivity contribution in [1.82, 2.24) is 20.2 Å². The average molecular weight is 719 g/mol. The molecule has 0 radical (unpaired) electrons. The van der Waals surface area contributed by atoms with Crippen molar-refractivity contribution >= 4 is 34.8 Å². The van der Waals surface area contributed by atoms with Crippen molar-refractivity contribution in [2.24, 2.45) is 29.1 Å². The Labute approximate surface area is 313 Å². The molecule has 0 spiro atoms. The number of para-hydroxylation sites is 1. The monoisotopic (exact) mass is 718 g/mol. The first-order chi connectivity index (χ1) is 25.7. The lowest BCUT2D eigenvalue weighted by Crippen LogP contribution is -2.46. The molecule has 4 bridgehead atoms. The maximum absolute atomic E-state index is 13.0. The van der Waals surface area contributed by atoms with Crippen LogP contribution in [0.25, 0.3) is 0 Å². The van der Waals surface area contributed by atoms with Gasteiger partial charge in [0.25, 0.3) is 0 Å². The first-order valence-corrected chi connectivity index (χ1v) is 19.4. The molecule has 11 heteroatoms. The molecular weight excluding hydrogens is 665 g/mol. The zero-order valence-electron chi connectivity index (χ0n) is 30.9.